The third kappa shape index (κ3) is 2.10. The number of nitrogens with zero attached hydrogens (tertiary/aromatic N) is 2. The Morgan fingerprint density at radius 1 is 1.10 bits per heavy atom. The zero-order valence-corrected chi connectivity index (χ0v) is 18.1. The monoisotopic (exact) mass is 485 g/mol. The molecule has 0 radical (unpaired) electrons. The summed E-state index contributed by atoms with van der Waals surface area (Å²) >= 11 is 9.64. The van der Waals surface area contributed by atoms with Crippen LogP contribution in [0.15, 0.2) is 46.9 Å². The molecule has 2 aromatic rings. The largest absolute Gasteiger partial charge is 0.324 e. The number of fused-ring (bicyclic) bond motifs is 7. The van der Waals surface area contributed by atoms with Crippen LogP contribution in [0, 0.1) is 11.8 Å². The number of amides is 3. The molecule has 152 valence electrons. The number of imide groups is 1. The molecule has 2 aromatic carbocycles. The van der Waals surface area contributed by atoms with Crippen LogP contribution < -0.4 is 10.2 Å². The van der Waals surface area contributed by atoms with Crippen molar-refractivity contribution in [1.29, 1.82) is 0 Å². The summed E-state index contributed by atoms with van der Waals surface area (Å²) in [7, 11) is 0. The normalized spacial score (nSPS) is 32.0. The molecule has 3 saturated heterocycles. The van der Waals surface area contributed by atoms with Gasteiger partial charge < -0.3 is 5.32 Å². The van der Waals surface area contributed by atoms with Crippen LogP contribution in [0.5, 0.6) is 0 Å². The molecule has 1 spiro atoms. The first-order valence-electron chi connectivity index (χ1n) is 9.96. The molecule has 0 aromatic heterocycles. The number of halogens is 2. The van der Waals surface area contributed by atoms with Crippen molar-refractivity contribution >= 4 is 56.6 Å². The predicted molar refractivity (Wildman–Crippen MR) is 115 cm³/mol. The average molecular weight is 487 g/mol. The number of carbonyl (C=O) groups is 3. The third-order valence-electron chi connectivity index (χ3n) is 7.02. The van der Waals surface area contributed by atoms with Gasteiger partial charge in [-0.3, -0.25) is 19.3 Å². The lowest BCUT2D eigenvalue weighted by atomic mass is 9.75. The Kier molecular flexibility index (Phi) is 3.80. The van der Waals surface area contributed by atoms with E-state index in [4.69, 9.17) is 11.6 Å². The molecule has 0 aliphatic carbocycles. The number of benzene rings is 2. The van der Waals surface area contributed by atoms with Crippen molar-refractivity contribution in [3.8, 4) is 0 Å². The van der Waals surface area contributed by atoms with Gasteiger partial charge in [-0.2, -0.15) is 0 Å². The lowest BCUT2D eigenvalue weighted by molar-refractivity contribution is -0.135. The van der Waals surface area contributed by atoms with E-state index < -0.39 is 17.4 Å². The summed E-state index contributed by atoms with van der Waals surface area (Å²) in [6.45, 7) is 0.689. The molecule has 0 unspecified atom stereocenters. The van der Waals surface area contributed by atoms with Crippen LogP contribution in [0.25, 0.3) is 0 Å². The number of hydrogen-bond acceptors (Lipinski definition) is 4. The van der Waals surface area contributed by atoms with Gasteiger partial charge in [0, 0.05) is 26.8 Å². The molecular weight excluding hydrogens is 470 g/mol. The van der Waals surface area contributed by atoms with Crippen LogP contribution in [0.2, 0.25) is 5.02 Å². The van der Waals surface area contributed by atoms with Crippen LogP contribution in [0.4, 0.5) is 11.4 Å². The molecule has 1 N–H and O–H groups in total. The lowest BCUT2D eigenvalue weighted by Gasteiger charge is -2.36. The van der Waals surface area contributed by atoms with Gasteiger partial charge in [-0.1, -0.05) is 33.6 Å². The zero-order valence-electron chi connectivity index (χ0n) is 15.8. The van der Waals surface area contributed by atoms with Crippen molar-refractivity contribution < 1.29 is 14.4 Å². The van der Waals surface area contributed by atoms with Gasteiger partial charge in [-0.25, -0.2) is 4.90 Å². The summed E-state index contributed by atoms with van der Waals surface area (Å²) in [5.74, 6) is -2.09. The van der Waals surface area contributed by atoms with E-state index in [2.05, 4.69) is 26.1 Å². The Balaban J connectivity index is 1.57. The van der Waals surface area contributed by atoms with Crippen molar-refractivity contribution in [2.24, 2.45) is 11.8 Å². The first-order valence-corrected chi connectivity index (χ1v) is 11.1. The highest BCUT2D eigenvalue weighted by Crippen LogP contribution is 2.60. The molecule has 30 heavy (non-hydrogen) atoms. The summed E-state index contributed by atoms with van der Waals surface area (Å²) in [4.78, 5) is 44.2. The van der Waals surface area contributed by atoms with Gasteiger partial charge in [0.2, 0.25) is 17.7 Å². The summed E-state index contributed by atoms with van der Waals surface area (Å²) in [5, 5.41) is 3.43. The van der Waals surface area contributed by atoms with Crippen molar-refractivity contribution in [1.82, 2.24) is 4.90 Å². The molecule has 0 bridgehead atoms. The minimum absolute atomic E-state index is 0.133. The van der Waals surface area contributed by atoms with E-state index in [9.17, 15) is 14.4 Å². The lowest BCUT2D eigenvalue weighted by Crippen LogP contribution is -2.54. The number of carbonyl (C=O) groups excluding carboxylic acids is 3. The van der Waals surface area contributed by atoms with Gasteiger partial charge in [0.15, 0.2) is 0 Å². The molecule has 3 fully saturated rings. The number of hydrogen-bond donors (Lipinski definition) is 1. The van der Waals surface area contributed by atoms with Crippen molar-refractivity contribution in [2.45, 2.75) is 24.4 Å². The fourth-order valence-corrected chi connectivity index (χ4v) is 6.59. The van der Waals surface area contributed by atoms with E-state index in [-0.39, 0.29) is 23.8 Å². The van der Waals surface area contributed by atoms with Gasteiger partial charge in [-0.15, -0.1) is 0 Å². The smallest absolute Gasteiger partial charge is 0.250 e. The highest BCUT2D eigenvalue weighted by Gasteiger charge is 2.74. The molecule has 0 saturated carbocycles. The maximum absolute atomic E-state index is 13.8. The molecule has 4 heterocycles. The zero-order chi connectivity index (χ0) is 20.8. The second-order valence-corrected chi connectivity index (χ2v) is 9.66. The molecule has 6 rings (SSSR count). The van der Waals surface area contributed by atoms with Crippen LogP contribution >= 0.6 is 27.5 Å². The predicted octanol–water partition coefficient (Wildman–Crippen LogP) is 3.53. The summed E-state index contributed by atoms with van der Waals surface area (Å²) in [5.41, 5.74) is 0.774. The Morgan fingerprint density at radius 3 is 2.73 bits per heavy atom. The maximum atomic E-state index is 13.8. The van der Waals surface area contributed by atoms with Gasteiger partial charge in [0.25, 0.3) is 0 Å². The molecule has 3 amide bonds. The van der Waals surface area contributed by atoms with E-state index >= 15 is 0 Å². The van der Waals surface area contributed by atoms with Crippen LogP contribution in [-0.4, -0.2) is 35.2 Å². The average Bonchev–Trinajstić information content (AvgIpc) is 3.40. The minimum Gasteiger partial charge on any atom is -0.324 e. The van der Waals surface area contributed by atoms with Crippen molar-refractivity contribution in [2.75, 3.05) is 16.8 Å². The van der Waals surface area contributed by atoms with Crippen molar-refractivity contribution in [3.05, 3.63) is 57.5 Å². The van der Waals surface area contributed by atoms with Crippen LogP contribution in [0.1, 0.15) is 18.4 Å². The Morgan fingerprint density at radius 2 is 1.93 bits per heavy atom. The van der Waals surface area contributed by atoms with Gasteiger partial charge in [-0.05, 0) is 55.8 Å². The van der Waals surface area contributed by atoms with Gasteiger partial charge >= 0.3 is 0 Å². The Bertz CT molecular complexity index is 1150. The van der Waals surface area contributed by atoms with E-state index in [1.807, 2.05) is 18.2 Å². The molecule has 4 atom stereocenters. The third-order valence-corrected chi connectivity index (χ3v) is 7.75. The highest BCUT2D eigenvalue weighted by molar-refractivity contribution is 9.10. The summed E-state index contributed by atoms with van der Waals surface area (Å²) < 4.78 is 0.833. The van der Waals surface area contributed by atoms with Gasteiger partial charge in [0.05, 0.1) is 17.5 Å². The molecule has 6 nitrogen and oxygen atoms in total. The van der Waals surface area contributed by atoms with E-state index in [0.717, 1.165) is 22.9 Å². The van der Waals surface area contributed by atoms with Crippen LogP contribution in [0.3, 0.4) is 0 Å². The fraction of sp³-hybridized carbons (Fsp3) is 0.318. The molecule has 8 heteroatoms. The summed E-state index contributed by atoms with van der Waals surface area (Å²) in [6.07, 6.45) is 1.69. The Hall–Kier alpha value is -2.22. The van der Waals surface area contributed by atoms with Crippen molar-refractivity contribution in [3.63, 3.8) is 0 Å². The van der Waals surface area contributed by atoms with Gasteiger partial charge in [0.1, 0.15) is 5.54 Å². The quantitative estimate of drug-likeness (QED) is 0.626. The maximum Gasteiger partial charge on any atom is 0.250 e. The molecule has 4 aliphatic rings. The SMILES string of the molecule is O=C1[C@@H]2[C@@H](C(=O)N1c1cccc(Cl)c1)[C@]1(C(=O)Nc3ccc(Br)cc31)N1CCC[C@@H]21. The highest BCUT2D eigenvalue weighted by atomic mass is 79.9. The number of nitrogens with one attached hydrogen (secondary N) is 1. The standard InChI is InChI=1S/C22H17BrClN3O3/c23-11-6-7-15-14(9-11)22(21(30)25-15)18-17(16-5-2-8-26(16)22)19(28)27(20(18)29)13-4-1-3-12(24)10-13/h1,3-4,6-7,9-10,16-18H,2,5,8H2,(H,25,30)/t16-,17-,18-,22+/m0/s1. The fourth-order valence-electron chi connectivity index (χ4n) is 6.04. The van der Waals surface area contributed by atoms with E-state index in [1.165, 1.54) is 4.90 Å². The van der Waals surface area contributed by atoms with Crippen LogP contribution in [-0.2, 0) is 19.9 Å². The second kappa shape index (κ2) is 6.15. The second-order valence-electron chi connectivity index (χ2n) is 8.31. The number of anilines is 2. The number of rotatable bonds is 1. The van der Waals surface area contributed by atoms with E-state index in [1.54, 1.807) is 24.3 Å². The molecule has 4 aliphatic heterocycles. The topological polar surface area (TPSA) is 69.7 Å². The minimum atomic E-state index is -1.16. The first-order chi connectivity index (χ1) is 14.4. The van der Waals surface area contributed by atoms with E-state index in [0.29, 0.717) is 22.9 Å². The first kappa shape index (κ1) is 18.5. The summed E-state index contributed by atoms with van der Waals surface area (Å²) in [6, 6.07) is 12.2. The molecular formula is C22H17BrClN3O3. The Labute approximate surface area is 186 Å².